The van der Waals surface area contributed by atoms with Crippen LogP contribution >= 0.6 is 0 Å². The zero-order valence-electron chi connectivity index (χ0n) is 10.5. The van der Waals surface area contributed by atoms with Gasteiger partial charge in [-0.2, -0.15) is 0 Å². The van der Waals surface area contributed by atoms with Crippen LogP contribution in [0.25, 0.3) is 0 Å². The first kappa shape index (κ1) is 13.4. The second-order valence-electron chi connectivity index (χ2n) is 3.84. The summed E-state index contributed by atoms with van der Waals surface area (Å²) in [5, 5.41) is 5.82. The van der Waals surface area contributed by atoms with Crippen molar-refractivity contribution < 1.29 is 9.53 Å². The van der Waals surface area contributed by atoms with Crippen LogP contribution in [0.1, 0.15) is 23.8 Å². The molecule has 17 heavy (non-hydrogen) atoms. The number of anilines is 1. The molecule has 0 saturated carbocycles. The van der Waals surface area contributed by atoms with Gasteiger partial charge < -0.3 is 15.4 Å². The van der Waals surface area contributed by atoms with E-state index >= 15 is 0 Å². The van der Waals surface area contributed by atoms with Crippen LogP contribution in [0, 0.1) is 0 Å². The summed E-state index contributed by atoms with van der Waals surface area (Å²) in [6.45, 7) is 2.58. The van der Waals surface area contributed by atoms with E-state index < -0.39 is 0 Å². The molecular weight excluding hydrogens is 218 g/mol. The Bertz CT molecular complexity index is 351. The smallest absolute Gasteiger partial charge is 0.270 e. The van der Waals surface area contributed by atoms with Crippen LogP contribution in [0.4, 0.5) is 5.69 Å². The Morgan fingerprint density at radius 1 is 1.53 bits per heavy atom. The molecule has 94 valence electrons. The molecule has 1 unspecified atom stereocenters. The number of hydrogen-bond acceptors (Lipinski definition) is 4. The SMILES string of the molecule is CNc1ccc(C(=O)NC(C)CCOC)nc1. The minimum absolute atomic E-state index is 0.0771. The fourth-order valence-electron chi connectivity index (χ4n) is 1.34. The number of nitrogens with one attached hydrogen (secondary N) is 2. The Labute approximate surface area is 102 Å². The van der Waals surface area contributed by atoms with Gasteiger partial charge in [0.05, 0.1) is 11.9 Å². The highest BCUT2D eigenvalue weighted by atomic mass is 16.5. The topological polar surface area (TPSA) is 63.2 Å². The number of rotatable bonds is 6. The van der Waals surface area contributed by atoms with Gasteiger partial charge in [-0.25, -0.2) is 4.98 Å². The molecule has 0 saturated heterocycles. The summed E-state index contributed by atoms with van der Waals surface area (Å²) in [7, 11) is 3.45. The van der Waals surface area contributed by atoms with Crippen LogP contribution in [0.2, 0.25) is 0 Å². The molecule has 5 nitrogen and oxygen atoms in total. The third-order valence-electron chi connectivity index (χ3n) is 2.42. The lowest BCUT2D eigenvalue weighted by molar-refractivity contribution is 0.0924. The molecule has 1 rings (SSSR count). The lowest BCUT2D eigenvalue weighted by Gasteiger charge is -2.12. The maximum atomic E-state index is 11.8. The van der Waals surface area contributed by atoms with Gasteiger partial charge in [-0.3, -0.25) is 4.79 Å². The minimum atomic E-state index is -0.156. The lowest BCUT2D eigenvalue weighted by atomic mass is 10.2. The van der Waals surface area contributed by atoms with Crippen LogP contribution in [0.15, 0.2) is 18.3 Å². The summed E-state index contributed by atoms with van der Waals surface area (Å²) in [5.74, 6) is -0.156. The summed E-state index contributed by atoms with van der Waals surface area (Å²) in [4.78, 5) is 15.9. The Morgan fingerprint density at radius 2 is 2.29 bits per heavy atom. The molecule has 2 N–H and O–H groups in total. The van der Waals surface area contributed by atoms with Crippen molar-refractivity contribution in [1.29, 1.82) is 0 Å². The third kappa shape index (κ3) is 4.40. The first-order valence-electron chi connectivity index (χ1n) is 5.61. The predicted octanol–water partition coefficient (Wildman–Crippen LogP) is 1.28. The Morgan fingerprint density at radius 3 is 2.82 bits per heavy atom. The molecule has 0 bridgehead atoms. The molecule has 0 fully saturated rings. The maximum absolute atomic E-state index is 11.8. The normalized spacial score (nSPS) is 11.9. The second-order valence-corrected chi connectivity index (χ2v) is 3.84. The molecule has 0 aliphatic rings. The van der Waals surface area contributed by atoms with E-state index in [1.54, 1.807) is 19.4 Å². The first-order chi connectivity index (χ1) is 8.17. The second kappa shape index (κ2) is 6.85. The van der Waals surface area contributed by atoms with Crippen molar-refractivity contribution >= 4 is 11.6 Å². The quantitative estimate of drug-likeness (QED) is 0.782. The number of pyridine rings is 1. The summed E-state index contributed by atoms with van der Waals surface area (Å²) in [6, 6.07) is 3.60. The third-order valence-corrected chi connectivity index (χ3v) is 2.42. The molecule has 0 radical (unpaired) electrons. The fraction of sp³-hybridized carbons (Fsp3) is 0.500. The largest absolute Gasteiger partial charge is 0.387 e. The molecular formula is C12H19N3O2. The van der Waals surface area contributed by atoms with Crippen molar-refractivity contribution in [3.8, 4) is 0 Å². The highest BCUT2D eigenvalue weighted by molar-refractivity contribution is 5.92. The van der Waals surface area contributed by atoms with Crippen molar-refractivity contribution in [2.75, 3.05) is 26.1 Å². The number of carbonyl (C=O) groups is 1. The average molecular weight is 237 g/mol. The zero-order chi connectivity index (χ0) is 12.7. The Balaban J connectivity index is 2.51. The molecule has 1 atom stereocenters. The average Bonchev–Trinajstić information content (AvgIpc) is 2.36. The highest BCUT2D eigenvalue weighted by Gasteiger charge is 2.10. The molecule has 0 aliphatic carbocycles. The van der Waals surface area contributed by atoms with E-state index in [-0.39, 0.29) is 11.9 Å². The molecule has 5 heteroatoms. The number of methoxy groups -OCH3 is 1. The van der Waals surface area contributed by atoms with Gasteiger partial charge >= 0.3 is 0 Å². The fourth-order valence-corrected chi connectivity index (χ4v) is 1.34. The zero-order valence-corrected chi connectivity index (χ0v) is 10.5. The number of hydrogen-bond donors (Lipinski definition) is 2. The van der Waals surface area contributed by atoms with Gasteiger partial charge in [-0.15, -0.1) is 0 Å². The van der Waals surface area contributed by atoms with Crippen molar-refractivity contribution in [3.05, 3.63) is 24.0 Å². The molecule has 0 spiro atoms. The van der Waals surface area contributed by atoms with Gasteiger partial charge in [0, 0.05) is 26.8 Å². The lowest BCUT2D eigenvalue weighted by Crippen LogP contribution is -2.33. The van der Waals surface area contributed by atoms with Gasteiger partial charge in [0.25, 0.3) is 5.91 Å². The van der Waals surface area contributed by atoms with Crippen molar-refractivity contribution in [2.45, 2.75) is 19.4 Å². The van der Waals surface area contributed by atoms with Gasteiger partial charge in [-0.05, 0) is 25.5 Å². The van der Waals surface area contributed by atoms with E-state index in [9.17, 15) is 4.79 Å². The predicted molar refractivity (Wildman–Crippen MR) is 67.2 cm³/mol. The van der Waals surface area contributed by atoms with Gasteiger partial charge in [0.15, 0.2) is 0 Å². The van der Waals surface area contributed by atoms with E-state index in [1.807, 2.05) is 20.0 Å². The van der Waals surface area contributed by atoms with E-state index in [0.29, 0.717) is 12.3 Å². The minimum Gasteiger partial charge on any atom is -0.387 e. The molecule has 1 aromatic heterocycles. The van der Waals surface area contributed by atoms with Crippen molar-refractivity contribution in [2.24, 2.45) is 0 Å². The maximum Gasteiger partial charge on any atom is 0.270 e. The summed E-state index contributed by atoms with van der Waals surface area (Å²) in [5.41, 5.74) is 1.31. The van der Waals surface area contributed by atoms with Crippen LogP contribution in [0.3, 0.4) is 0 Å². The van der Waals surface area contributed by atoms with Crippen LogP contribution in [0.5, 0.6) is 0 Å². The van der Waals surface area contributed by atoms with Crippen LogP contribution in [-0.4, -0.2) is 37.7 Å². The summed E-state index contributed by atoms with van der Waals surface area (Å²) < 4.78 is 4.95. The molecule has 1 aromatic rings. The first-order valence-corrected chi connectivity index (χ1v) is 5.61. The van der Waals surface area contributed by atoms with Crippen LogP contribution < -0.4 is 10.6 Å². The molecule has 1 heterocycles. The van der Waals surface area contributed by atoms with E-state index in [4.69, 9.17) is 4.74 Å². The standard InChI is InChI=1S/C12H19N3O2/c1-9(6-7-17-3)15-12(16)11-5-4-10(13-2)8-14-11/h4-5,8-9,13H,6-7H2,1-3H3,(H,15,16). The van der Waals surface area contributed by atoms with Gasteiger partial charge in [0.1, 0.15) is 5.69 Å². The number of aromatic nitrogens is 1. The number of carbonyl (C=O) groups excluding carboxylic acids is 1. The highest BCUT2D eigenvalue weighted by Crippen LogP contribution is 2.05. The summed E-state index contributed by atoms with van der Waals surface area (Å²) in [6.07, 6.45) is 2.42. The van der Waals surface area contributed by atoms with Crippen molar-refractivity contribution in [1.82, 2.24) is 10.3 Å². The number of ether oxygens (including phenoxy) is 1. The van der Waals surface area contributed by atoms with Crippen LogP contribution in [-0.2, 0) is 4.74 Å². The van der Waals surface area contributed by atoms with Gasteiger partial charge in [0.2, 0.25) is 0 Å². The molecule has 1 amide bonds. The van der Waals surface area contributed by atoms with E-state index in [2.05, 4.69) is 15.6 Å². The van der Waals surface area contributed by atoms with E-state index in [1.165, 1.54) is 0 Å². The monoisotopic (exact) mass is 237 g/mol. The Kier molecular flexibility index (Phi) is 5.42. The van der Waals surface area contributed by atoms with Gasteiger partial charge in [-0.1, -0.05) is 0 Å². The number of amides is 1. The Hall–Kier alpha value is -1.62. The summed E-state index contributed by atoms with van der Waals surface area (Å²) >= 11 is 0. The molecule has 0 aromatic carbocycles. The van der Waals surface area contributed by atoms with Crippen molar-refractivity contribution in [3.63, 3.8) is 0 Å². The molecule has 0 aliphatic heterocycles. The van der Waals surface area contributed by atoms with E-state index in [0.717, 1.165) is 12.1 Å². The number of nitrogens with zero attached hydrogens (tertiary/aromatic N) is 1.